The number of amides is 1. The topological polar surface area (TPSA) is 71.6 Å². The summed E-state index contributed by atoms with van der Waals surface area (Å²) in [6.45, 7) is 0.199. The zero-order valence-corrected chi connectivity index (χ0v) is 15.1. The minimum absolute atomic E-state index is 0.0246. The van der Waals surface area contributed by atoms with Crippen molar-refractivity contribution in [3.8, 4) is 11.5 Å². The molecule has 0 radical (unpaired) electrons. The largest absolute Gasteiger partial charge is 0.454 e. The molecule has 3 aliphatic rings. The van der Waals surface area contributed by atoms with Crippen LogP contribution in [0.25, 0.3) is 10.9 Å². The first-order valence-electron chi connectivity index (χ1n) is 9.53. The van der Waals surface area contributed by atoms with Crippen molar-refractivity contribution in [3.05, 3.63) is 59.3 Å². The summed E-state index contributed by atoms with van der Waals surface area (Å²) < 4.78 is 11.0. The smallest absolute Gasteiger partial charge is 0.231 e. The lowest BCUT2D eigenvalue weighted by molar-refractivity contribution is -0.147. The molecule has 0 bridgehead atoms. The summed E-state index contributed by atoms with van der Waals surface area (Å²) in [6, 6.07) is 13.1. The molecule has 0 spiro atoms. The highest BCUT2D eigenvalue weighted by Crippen LogP contribution is 2.45. The number of nitrogens with zero attached hydrogens (tertiary/aromatic N) is 1. The highest BCUT2D eigenvalue weighted by Gasteiger charge is 2.45. The summed E-state index contributed by atoms with van der Waals surface area (Å²) in [6.07, 6.45) is 1.16. The van der Waals surface area contributed by atoms with Crippen molar-refractivity contribution in [2.75, 3.05) is 6.79 Å². The number of fused-ring (bicyclic) bond motifs is 5. The van der Waals surface area contributed by atoms with Crippen molar-refractivity contribution in [1.29, 1.82) is 0 Å². The van der Waals surface area contributed by atoms with Crippen molar-refractivity contribution >= 4 is 22.6 Å². The number of ether oxygens (including phenoxy) is 2. The van der Waals surface area contributed by atoms with Gasteiger partial charge in [0.05, 0.1) is 12.1 Å². The number of H-pyrrole nitrogens is 1. The Labute approximate surface area is 161 Å². The predicted octanol–water partition coefficient (Wildman–Crippen LogP) is 3.10. The first kappa shape index (κ1) is 15.7. The summed E-state index contributed by atoms with van der Waals surface area (Å²) in [5, 5.41) is 1.12. The molecule has 1 N–H and O–H groups in total. The molecule has 0 aliphatic carbocycles. The van der Waals surface area contributed by atoms with Gasteiger partial charge in [-0.1, -0.05) is 24.3 Å². The van der Waals surface area contributed by atoms with Crippen molar-refractivity contribution < 1.29 is 19.1 Å². The number of hydrogen-bond donors (Lipinski definition) is 1. The summed E-state index contributed by atoms with van der Waals surface area (Å²) >= 11 is 0. The standard InChI is InChI=1S/C22H18N2O4/c25-17-6-8-20(26)24-16(17)10-14-13-3-1-2-4-15(13)23-21(14)22(24)12-5-7-18-19(9-12)28-11-27-18/h1-5,7,9,16,22-23H,6,8,10-11H2/t16-,22-/m1/s1. The lowest BCUT2D eigenvalue weighted by Gasteiger charge is -2.44. The molecule has 1 fully saturated rings. The minimum atomic E-state index is -0.414. The van der Waals surface area contributed by atoms with Crippen LogP contribution in [0.5, 0.6) is 11.5 Å². The number of hydrogen-bond acceptors (Lipinski definition) is 4. The lowest BCUT2D eigenvalue weighted by Crippen LogP contribution is -2.54. The molecule has 4 heterocycles. The zero-order chi connectivity index (χ0) is 18.8. The molecular weight excluding hydrogens is 356 g/mol. The van der Waals surface area contributed by atoms with Crippen molar-refractivity contribution in [2.24, 2.45) is 0 Å². The van der Waals surface area contributed by atoms with Gasteiger partial charge in [0.15, 0.2) is 17.3 Å². The average molecular weight is 374 g/mol. The molecule has 28 heavy (non-hydrogen) atoms. The van der Waals surface area contributed by atoms with Gasteiger partial charge in [-0.3, -0.25) is 9.59 Å². The number of ketones is 1. The maximum atomic E-state index is 12.9. The van der Waals surface area contributed by atoms with Crippen LogP contribution in [0.2, 0.25) is 0 Å². The molecule has 0 unspecified atom stereocenters. The number of piperidine rings is 1. The summed E-state index contributed by atoms with van der Waals surface area (Å²) in [4.78, 5) is 31.0. The Morgan fingerprint density at radius 1 is 1.00 bits per heavy atom. The Kier molecular flexibility index (Phi) is 3.15. The van der Waals surface area contributed by atoms with Crippen molar-refractivity contribution in [3.63, 3.8) is 0 Å². The fourth-order valence-electron chi connectivity index (χ4n) is 4.81. The number of carbonyl (C=O) groups excluding carboxylic acids is 2. The van der Waals surface area contributed by atoms with Crippen LogP contribution < -0.4 is 9.47 Å². The predicted molar refractivity (Wildman–Crippen MR) is 101 cm³/mol. The van der Waals surface area contributed by atoms with Crippen LogP contribution in [0.4, 0.5) is 0 Å². The van der Waals surface area contributed by atoms with Gasteiger partial charge in [0.2, 0.25) is 12.7 Å². The molecule has 1 saturated heterocycles. The maximum absolute atomic E-state index is 12.9. The summed E-state index contributed by atoms with van der Waals surface area (Å²) in [7, 11) is 0. The Morgan fingerprint density at radius 2 is 1.86 bits per heavy atom. The van der Waals surface area contributed by atoms with Crippen LogP contribution in [0.15, 0.2) is 42.5 Å². The Hall–Kier alpha value is -3.28. The molecule has 140 valence electrons. The van der Waals surface area contributed by atoms with E-state index in [1.807, 2.05) is 36.4 Å². The molecule has 3 aromatic rings. The van der Waals surface area contributed by atoms with E-state index in [2.05, 4.69) is 11.1 Å². The van der Waals surface area contributed by atoms with Gasteiger partial charge in [0.25, 0.3) is 0 Å². The third-order valence-corrected chi connectivity index (χ3v) is 6.09. The lowest BCUT2D eigenvalue weighted by atomic mass is 9.83. The van der Waals surface area contributed by atoms with Crippen LogP contribution in [0.3, 0.4) is 0 Å². The monoisotopic (exact) mass is 374 g/mol. The van der Waals surface area contributed by atoms with E-state index in [-0.39, 0.29) is 30.9 Å². The molecule has 6 nitrogen and oxygen atoms in total. The van der Waals surface area contributed by atoms with Crippen LogP contribution in [0.1, 0.15) is 35.7 Å². The number of rotatable bonds is 1. The number of Topliss-reactive ketones (excluding diaryl/α,β-unsaturated/α-hetero) is 1. The molecule has 0 saturated carbocycles. The molecule has 2 aromatic carbocycles. The van der Waals surface area contributed by atoms with E-state index in [1.165, 1.54) is 0 Å². The third-order valence-electron chi connectivity index (χ3n) is 6.09. The van der Waals surface area contributed by atoms with E-state index in [1.54, 1.807) is 4.90 Å². The molecule has 2 atom stereocenters. The second kappa shape index (κ2) is 5.61. The summed E-state index contributed by atoms with van der Waals surface area (Å²) in [5.74, 6) is 1.54. The molecular formula is C22H18N2O4. The van der Waals surface area contributed by atoms with Crippen molar-refractivity contribution in [1.82, 2.24) is 9.88 Å². The number of carbonyl (C=O) groups is 2. The second-order valence-electron chi connectivity index (χ2n) is 7.57. The number of benzene rings is 2. The zero-order valence-electron chi connectivity index (χ0n) is 15.1. The number of nitrogens with one attached hydrogen (secondary N) is 1. The summed E-state index contributed by atoms with van der Waals surface area (Å²) in [5.41, 5.74) is 4.06. The number of aromatic nitrogens is 1. The maximum Gasteiger partial charge on any atom is 0.231 e. The molecule has 6 heteroatoms. The van der Waals surface area contributed by atoms with E-state index < -0.39 is 6.04 Å². The first-order chi connectivity index (χ1) is 13.7. The van der Waals surface area contributed by atoms with Crippen LogP contribution >= 0.6 is 0 Å². The van der Waals surface area contributed by atoms with Gasteiger partial charge in [0, 0.05) is 35.9 Å². The van der Waals surface area contributed by atoms with Gasteiger partial charge in [-0.05, 0) is 29.3 Å². The van der Waals surface area contributed by atoms with Crippen LogP contribution in [-0.4, -0.2) is 34.4 Å². The van der Waals surface area contributed by atoms with Crippen LogP contribution in [0, 0.1) is 0 Å². The minimum Gasteiger partial charge on any atom is -0.454 e. The Morgan fingerprint density at radius 3 is 2.79 bits per heavy atom. The molecule has 1 amide bonds. The van der Waals surface area contributed by atoms with Crippen LogP contribution in [-0.2, 0) is 16.0 Å². The number of para-hydroxylation sites is 1. The third kappa shape index (κ3) is 2.08. The highest BCUT2D eigenvalue weighted by molar-refractivity contribution is 5.98. The van der Waals surface area contributed by atoms with Crippen molar-refractivity contribution in [2.45, 2.75) is 31.3 Å². The van der Waals surface area contributed by atoms with Gasteiger partial charge < -0.3 is 19.4 Å². The SMILES string of the molecule is O=C1CCC(=O)N2[C@H](c3ccc4c(c3)OCO4)c3[nH]c4ccccc4c3C[C@H]12. The van der Waals surface area contributed by atoms with Gasteiger partial charge in [-0.25, -0.2) is 0 Å². The molecule has 3 aliphatic heterocycles. The normalized spacial score (nSPS) is 23.1. The second-order valence-corrected chi connectivity index (χ2v) is 7.57. The van der Waals surface area contributed by atoms with E-state index in [0.29, 0.717) is 24.3 Å². The van der Waals surface area contributed by atoms with E-state index in [9.17, 15) is 9.59 Å². The quantitative estimate of drug-likeness (QED) is 0.710. The molecule has 1 aromatic heterocycles. The van der Waals surface area contributed by atoms with E-state index >= 15 is 0 Å². The van der Waals surface area contributed by atoms with Gasteiger partial charge >= 0.3 is 0 Å². The molecule has 6 rings (SSSR count). The fourth-order valence-corrected chi connectivity index (χ4v) is 4.81. The van der Waals surface area contributed by atoms with E-state index in [0.717, 1.165) is 27.7 Å². The van der Waals surface area contributed by atoms with Gasteiger partial charge in [0.1, 0.15) is 0 Å². The first-order valence-corrected chi connectivity index (χ1v) is 9.53. The van der Waals surface area contributed by atoms with E-state index in [4.69, 9.17) is 9.47 Å². The van der Waals surface area contributed by atoms with Gasteiger partial charge in [-0.15, -0.1) is 0 Å². The highest BCUT2D eigenvalue weighted by atomic mass is 16.7. The number of aromatic amines is 1. The Balaban J connectivity index is 1.60. The average Bonchev–Trinajstić information content (AvgIpc) is 3.33. The Bertz CT molecular complexity index is 1150. The van der Waals surface area contributed by atoms with Gasteiger partial charge in [-0.2, -0.15) is 0 Å². The fraction of sp³-hybridized carbons (Fsp3) is 0.273.